The summed E-state index contributed by atoms with van der Waals surface area (Å²) in [7, 11) is 0. The summed E-state index contributed by atoms with van der Waals surface area (Å²) < 4.78 is 0. The first kappa shape index (κ1) is 20.2. The molecular formula is C23H25ClN6. The maximum atomic E-state index is 6.51. The highest BCUT2D eigenvalue weighted by molar-refractivity contribution is 6.33. The van der Waals surface area contributed by atoms with E-state index in [1.807, 2.05) is 48.5 Å². The zero-order valence-electron chi connectivity index (χ0n) is 16.7. The summed E-state index contributed by atoms with van der Waals surface area (Å²) in [6.07, 6.45) is 5.63. The van der Waals surface area contributed by atoms with Gasteiger partial charge in [0.2, 0.25) is 0 Å². The number of aromatic nitrogens is 2. The van der Waals surface area contributed by atoms with Gasteiger partial charge < -0.3 is 21.3 Å². The van der Waals surface area contributed by atoms with Crippen molar-refractivity contribution in [1.82, 2.24) is 15.3 Å². The maximum absolute atomic E-state index is 6.51. The molecule has 1 saturated heterocycles. The smallest absolute Gasteiger partial charge is 0.153 e. The van der Waals surface area contributed by atoms with Crippen molar-refractivity contribution < 1.29 is 0 Å². The zero-order valence-corrected chi connectivity index (χ0v) is 17.4. The molecular weight excluding hydrogens is 396 g/mol. The van der Waals surface area contributed by atoms with Crippen LogP contribution in [0.4, 0.5) is 23.0 Å². The average molecular weight is 421 g/mol. The van der Waals surface area contributed by atoms with Gasteiger partial charge in [0, 0.05) is 36.4 Å². The van der Waals surface area contributed by atoms with Gasteiger partial charge >= 0.3 is 0 Å². The van der Waals surface area contributed by atoms with E-state index in [0.717, 1.165) is 48.7 Å². The number of pyridine rings is 2. The van der Waals surface area contributed by atoms with Gasteiger partial charge in [-0.05, 0) is 61.3 Å². The van der Waals surface area contributed by atoms with E-state index in [2.05, 4.69) is 32.1 Å². The molecule has 1 atom stereocenters. The molecule has 3 aromatic rings. The molecule has 3 heterocycles. The summed E-state index contributed by atoms with van der Waals surface area (Å²) >= 11 is 6.51. The Labute approximate surface area is 181 Å². The molecule has 1 aromatic carbocycles. The minimum absolute atomic E-state index is 0.241. The summed E-state index contributed by atoms with van der Waals surface area (Å²) in [6.45, 7) is 6.29. The molecule has 0 aliphatic carbocycles. The second-order valence-electron chi connectivity index (χ2n) is 7.27. The van der Waals surface area contributed by atoms with Gasteiger partial charge in [0.15, 0.2) is 11.6 Å². The lowest BCUT2D eigenvalue weighted by atomic mass is 10.0. The van der Waals surface area contributed by atoms with Crippen LogP contribution in [0.15, 0.2) is 67.5 Å². The van der Waals surface area contributed by atoms with Crippen molar-refractivity contribution in [3.8, 4) is 0 Å². The molecule has 0 saturated carbocycles. The fourth-order valence-corrected chi connectivity index (χ4v) is 3.89. The van der Waals surface area contributed by atoms with Gasteiger partial charge in [-0.15, -0.1) is 0 Å². The molecule has 2 aromatic heterocycles. The second-order valence-corrected chi connectivity index (χ2v) is 7.68. The molecule has 0 radical (unpaired) electrons. The van der Waals surface area contributed by atoms with Crippen molar-refractivity contribution in [2.24, 2.45) is 0 Å². The van der Waals surface area contributed by atoms with E-state index in [4.69, 9.17) is 17.3 Å². The number of hydrogen-bond acceptors (Lipinski definition) is 6. The van der Waals surface area contributed by atoms with Crippen molar-refractivity contribution in [2.75, 3.05) is 29.0 Å². The Morgan fingerprint density at radius 3 is 2.60 bits per heavy atom. The number of piperidine rings is 1. The number of halogens is 1. The Kier molecular flexibility index (Phi) is 6.16. The van der Waals surface area contributed by atoms with Crippen LogP contribution in [0.5, 0.6) is 0 Å². The van der Waals surface area contributed by atoms with Gasteiger partial charge in [-0.3, -0.25) is 0 Å². The Morgan fingerprint density at radius 2 is 1.90 bits per heavy atom. The van der Waals surface area contributed by atoms with Crippen LogP contribution >= 0.6 is 11.6 Å². The predicted octanol–water partition coefficient (Wildman–Crippen LogP) is 4.69. The molecule has 4 rings (SSSR count). The Hall–Kier alpha value is -3.09. The Morgan fingerprint density at radius 1 is 1.13 bits per heavy atom. The van der Waals surface area contributed by atoms with Crippen LogP contribution in [0, 0.1) is 0 Å². The van der Waals surface area contributed by atoms with E-state index >= 15 is 0 Å². The molecule has 1 aliphatic rings. The van der Waals surface area contributed by atoms with Gasteiger partial charge in [-0.25, -0.2) is 9.97 Å². The van der Waals surface area contributed by atoms with Crippen LogP contribution in [0.3, 0.4) is 0 Å². The first-order chi connectivity index (χ1) is 14.6. The molecule has 6 nitrogen and oxygen atoms in total. The number of benzene rings is 1. The fraction of sp³-hybridized carbons (Fsp3) is 0.217. The molecule has 0 spiro atoms. The summed E-state index contributed by atoms with van der Waals surface area (Å²) in [5.74, 6) is 1.38. The van der Waals surface area contributed by atoms with Gasteiger partial charge in [-0.1, -0.05) is 30.3 Å². The quantitative estimate of drug-likeness (QED) is 0.537. The highest BCUT2D eigenvalue weighted by Gasteiger charge is 2.26. The Bertz CT molecular complexity index is 1010. The number of nitrogens with two attached hydrogens (primary N) is 1. The van der Waals surface area contributed by atoms with E-state index < -0.39 is 0 Å². The highest BCUT2D eigenvalue weighted by Crippen LogP contribution is 2.33. The lowest BCUT2D eigenvalue weighted by Gasteiger charge is -2.37. The number of hydrogen-bond donors (Lipinski definition) is 3. The molecule has 0 unspecified atom stereocenters. The van der Waals surface area contributed by atoms with E-state index in [-0.39, 0.29) is 6.04 Å². The molecule has 0 bridgehead atoms. The number of nitrogens with one attached hydrogen (secondary N) is 2. The normalized spacial score (nSPS) is 16.1. The molecule has 154 valence electrons. The third-order valence-corrected chi connectivity index (χ3v) is 5.51. The summed E-state index contributed by atoms with van der Waals surface area (Å²) in [5.41, 5.74) is 9.35. The van der Waals surface area contributed by atoms with Crippen molar-refractivity contribution in [3.63, 3.8) is 0 Å². The van der Waals surface area contributed by atoms with E-state index in [1.165, 1.54) is 0 Å². The van der Waals surface area contributed by atoms with Crippen molar-refractivity contribution in [1.29, 1.82) is 0 Å². The van der Waals surface area contributed by atoms with E-state index in [0.29, 0.717) is 16.5 Å². The number of nitrogen functional groups attached to an aromatic ring is 1. The third-order valence-electron chi connectivity index (χ3n) is 5.21. The van der Waals surface area contributed by atoms with Crippen LogP contribution in [0.2, 0.25) is 5.02 Å². The number of anilines is 4. The molecule has 30 heavy (non-hydrogen) atoms. The average Bonchev–Trinajstić information content (AvgIpc) is 2.78. The summed E-state index contributed by atoms with van der Waals surface area (Å²) in [6, 6.07) is 15.6. The van der Waals surface area contributed by atoms with E-state index in [9.17, 15) is 0 Å². The largest absolute Gasteiger partial charge is 0.396 e. The number of nitrogens with zero attached hydrogens (tertiary/aromatic N) is 3. The van der Waals surface area contributed by atoms with Gasteiger partial charge in [0.25, 0.3) is 0 Å². The summed E-state index contributed by atoms with van der Waals surface area (Å²) in [4.78, 5) is 11.0. The minimum Gasteiger partial charge on any atom is -0.396 e. The standard InChI is InChI=1S/C23H25ClN6/c1-16(17-8-10-18(11-9-17)29-22-21(25)7-4-13-27-22)30(19-5-2-12-26-15-19)23-20(24)6-3-14-28-23/h3-4,6-11,13-14,19,26H,1-2,5,12,15,25H2,(H,27,29)/t19-/m1/s1. The predicted molar refractivity (Wildman–Crippen MR) is 125 cm³/mol. The maximum Gasteiger partial charge on any atom is 0.153 e. The van der Waals surface area contributed by atoms with Crippen LogP contribution in [0.1, 0.15) is 18.4 Å². The van der Waals surface area contributed by atoms with Crippen molar-refractivity contribution in [2.45, 2.75) is 18.9 Å². The van der Waals surface area contributed by atoms with Crippen LogP contribution in [-0.2, 0) is 0 Å². The SMILES string of the molecule is C=C(c1ccc(Nc2ncccc2N)cc1)N(c1ncccc1Cl)[C@@H]1CCCNC1. The van der Waals surface area contributed by atoms with Crippen LogP contribution < -0.4 is 21.3 Å². The fourth-order valence-electron chi connectivity index (χ4n) is 3.67. The highest BCUT2D eigenvalue weighted by atomic mass is 35.5. The van der Waals surface area contributed by atoms with Crippen LogP contribution in [-0.4, -0.2) is 29.1 Å². The van der Waals surface area contributed by atoms with Crippen molar-refractivity contribution in [3.05, 3.63) is 78.1 Å². The van der Waals surface area contributed by atoms with Gasteiger partial charge in [-0.2, -0.15) is 0 Å². The first-order valence-electron chi connectivity index (χ1n) is 10.0. The Balaban J connectivity index is 1.60. The minimum atomic E-state index is 0.241. The topological polar surface area (TPSA) is 79.1 Å². The lowest BCUT2D eigenvalue weighted by molar-refractivity contribution is 0.453. The van der Waals surface area contributed by atoms with Crippen molar-refractivity contribution >= 4 is 40.3 Å². The third kappa shape index (κ3) is 4.40. The zero-order chi connectivity index (χ0) is 20.9. The van der Waals surface area contributed by atoms with E-state index in [1.54, 1.807) is 12.4 Å². The monoisotopic (exact) mass is 420 g/mol. The van der Waals surface area contributed by atoms with Crippen LogP contribution in [0.25, 0.3) is 5.70 Å². The summed E-state index contributed by atoms with van der Waals surface area (Å²) in [5, 5.41) is 7.34. The molecule has 7 heteroatoms. The van der Waals surface area contributed by atoms with Gasteiger partial charge in [0.1, 0.15) is 0 Å². The molecule has 1 fully saturated rings. The first-order valence-corrected chi connectivity index (χ1v) is 10.4. The molecule has 4 N–H and O–H groups in total. The molecule has 1 aliphatic heterocycles. The number of rotatable bonds is 6. The second kappa shape index (κ2) is 9.15. The van der Waals surface area contributed by atoms with Gasteiger partial charge in [0.05, 0.1) is 10.7 Å². The lowest BCUT2D eigenvalue weighted by Crippen LogP contribution is -2.45. The molecule has 0 amide bonds.